The SMILES string of the molecule is C=CCC.CCOC(=O)c1ccccc1O. The van der Waals surface area contributed by atoms with Gasteiger partial charge in [-0.25, -0.2) is 4.79 Å². The van der Waals surface area contributed by atoms with E-state index in [-0.39, 0.29) is 11.3 Å². The highest BCUT2D eigenvalue weighted by atomic mass is 16.5. The van der Waals surface area contributed by atoms with Gasteiger partial charge < -0.3 is 9.84 Å². The highest BCUT2D eigenvalue weighted by Gasteiger charge is 2.09. The van der Waals surface area contributed by atoms with E-state index in [9.17, 15) is 9.90 Å². The van der Waals surface area contributed by atoms with Gasteiger partial charge in [-0.15, -0.1) is 6.58 Å². The minimum atomic E-state index is -0.490. The molecule has 16 heavy (non-hydrogen) atoms. The molecule has 0 spiro atoms. The number of para-hydroxylation sites is 1. The van der Waals surface area contributed by atoms with Gasteiger partial charge in [0.15, 0.2) is 0 Å². The number of carbonyl (C=O) groups is 1. The molecule has 0 aromatic heterocycles. The van der Waals surface area contributed by atoms with Crippen LogP contribution in [0.1, 0.15) is 30.6 Å². The van der Waals surface area contributed by atoms with Crippen LogP contribution in [0.4, 0.5) is 0 Å². The fourth-order valence-corrected chi connectivity index (χ4v) is 0.855. The Morgan fingerprint density at radius 3 is 2.44 bits per heavy atom. The van der Waals surface area contributed by atoms with Crippen molar-refractivity contribution in [2.24, 2.45) is 0 Å². The van der Waals surface area contributed by atoms with Crippen molar-refractivity contribution in [3.63, 3.8) is 0 Å². The number of esters is 1. The number of phenolic OH excluding ortho intramolecular Hbond substituents is 1. The second-order valence-electron chi connectivity index (χ2n) is 2.93. The largest absolute Gasteiger partial charge is 0.507 e. The molecule has 0 unspecified atom stereocenters. The van der Waals surface area contributed by atoms with Crippen LogP contribution >= 0.6 is 0 Å². The summed E-state index contributed by atoms with van der Waals surface area (Å²) in [6.07, 6.45) is 2.96. The van der Waals surface area contributed by atoms with Crippen molar-refractivity contribution in [2.45, 2.75) is 20.3 Å². The maximum absolute atomic E-state index is 11.1. The smallest absolute Gasteiger partial charge is 0.341 e. The van der Waals surface area contributed by atoms with Crippen LogP contribution in [0.2, 0.25) is 0 Å². The molecule has 0 heterocycles. The Balaban J connectivity index is 0.000000487. The molecule has 3 heteroatoms. The van der Waals surface area contributed by atoms with Crippen molar-refractivity contribution in [2.75, 3.05) is 6.61 Å². The number of allylic oxidation sites excluding steroid dienone is 1. The summed E-state index contributed by atoms with van der Waals surface area (Å²) in [6.45, 7) is 7.57. The molecule has 0 radical (unpaired) electrons. The Morgan fingerprint density at radius 1 is 1.44 bits per heavy atom. The summed E-state index contributed by atoms with van der Waals surface area (Å²) >= 11 is 0. The molecule has 1 N–H and O–H groups in total. The average Bonchev–Trinajstić information content (AvgIpc) is 2.30. The van der Waals surface area contributed by atoms with Crippen molar-refractivity contribution in [1.29, 1.82) is 0 Å². The molecular weight excluding hydrogens is 204 g/mol. The second kappa shape index (κ2) is 8.53. The summed E-state index contributed by atoms with van der Waals surface area (Å²) < 4.78 is 4.71. The van der Waals surface area contributed by atoms with Gasteiger partial charge in [0, 0.05) is 0 Å². The van der Waals surface area contributed by atoms with Gasteiger partial charge in [-0.2, -0.15) is 0 Å². The second-order valence-corrected chi connectivity index (χ2v) is 2.93. The van der Waals surface area contributed by atoms with E-state index >= 15 is 0 Å². The summed E-state index contributed by atoms with van der Waals surface area (Å²) in [7, 11) is 0. The highest BCUT2D eigenvalue weighted by Crippen LogP contribution is 2.16. The molecule has 1 aromatic carbocycles. The molecule has 3 nitrogen and oxygen atoms in total. The quantitative estimate of drug-likeness (QED) is 0.631. The van der Waals surface area contributed by atoms with Crippen molar-refractivity contribution in [3.8, 4) is 5.75 Å². The zero-order valence-corrected chi connectivity index (χ0v) is 9.77. The maximum atomic E-state index is 11.1. The number of benzene rings is 1. The van der Waals surface area contributed by atoms with Gasteiger partial charge in [-0.3, -0.25) is 0 Å². The molecule has 0 atom stereocenters. The molecule has 0 amide bonds. The van der Waals surface area contributed by atoms with Crippen molar-refractivity contribution < 1.29 is 14.6 Å². The maximum Gasteiger partial charge on any atom is 0.341 e. The third kappa shape index (κ3) is 5.20. The molecule has 0 aliphatic heterocycles. The summed E-state index contributed by atoms with van der Waals surface area (Å²) in [5.41, 5.74) is 0.208. The molecule has 0 fully saturated rings. The van der Waals surface area contributed by atoms with Crippen LogP contribution in [0.5, 0.6) is 5.75 Å². The van der Waals surface area contributed by atoms with Crippen LogP contribution in [-0.2, 0) is 4.74 Å². The molecule has 0 aliphatic rings. The Morgan fingerprint density at radius 2 is 2.00 bits per heavy atom. The van der Waals surface area contributed by atoms with E-state index in [1.165, 1.54) is 12.1 Å². The third-order valence-electron chi connectivity index (χ3n) is 1.69. The van der Waals surface area contributed by atoms with Gasteiger partial charge >= 0.3 is 5.97 Å². The fourth-order valence-electron chi connectivity index (χ4n) is 0.855. The zero-order chi connectivity index (χ0) is 12.4. The number of hydrogen-bond acceptors (Lipinski definition) is 3. The van der Waals surface area contributed by atoms with Gasteiger partial charge in [-0.1, -0.05) is 25.1 Å². The Hall–Kier alpha value is -1.77. The highest BCUT2D eigenvalue weighted by molar-refractivity contribution is 5.92. The predicted molar refractivity (Wildman–Crippen MR) is 64.6 cm³/mol. The number of carbonyl (C=O) groups excluding carboxylic acids is 1. The van der Waals surface area contributed by atoms with Gasteiger partial charge in [0.25, 0.3) is 0 Å². The summed E-state index contributed by atoms with van der Waals surface area (Å²) in [5, 5.41) is 9.21. The van der Waals surface area contributed by atoms with Gasteiger partial charge in [0.2, 0.25) is 0 Å². The van der Waals surface area contributed by atoms with Crippen LogP contribution in [0, 0.1) is 0 Å². The summed E-state index contributed by atoms with van der Waals surface area (Å²) in [5.74, 6) is -0.536. The number of hydrogen-bond donors (Lipinski definition) is 1. The lowest BCUT2D eigenvalue weighted by Crippen LogP contribution is -2.04. The standard InChI is InChI=1S/C9H10O3.C4H8/c1-2-12-9(11)7-5-3-4-6-8(7)10;1-3-4-2/h3-6,10H,2H2,1H3;3H,1,4H2,2H3. The lowest BCUT2D eigenvalue weighted by atomic mass is 10.2. The number of phenols is 1. The van der Waals surface area contributed by atoms with Crippen LogP contribution < -0.4 is 0 Å². The first-order valence-electron chi connectivity index (χ1n) is 5.23. The fraction of sp³-hybridized carbons (Fsp3) is 0.308. The molecule has 0 bridgehead atoms. The normalized spacial score (nSPS) is 8.62. The lowest BCUT2D eigenvalue weighted by Gasteiger charge is -2.02. The molecular formula is C13H18O3. The number of aromatic hydroxyl groups is 1. The summed E-state index contributed by atoms with van der Waals surface area (Å²) in [4.78, 5) is 11.1. The predicted octanol–water partition coefficient (Wildman–Crippen LogP) is 3.15. The molecule has 0 aliphatic carbocycles. The van der Waals surface area contributed by atoms with Crippen molar-refractivity contribution >= 4 is 5.97 Å². The van der Waals surface area contributed by atoms with E-state index in [1.807, 2.05) is 6.08 Å². The number of ether oxygens (including phenoxy) is 1. The van der Waals surface area contributed by atoms with Crippen molar-refractivity contribution in [1.82, 2.24) is 0 Å². The van der Waals surface area contributed by atoms with Crippen LogP contribution in [0.15, 0.2) is 36.9 Å². The molecule has 1 aromatic rings. The van der Waals surface area contributed by atoms with Crippen LogP contribution in [0.3, 0.4) is 0 Å². The zero-order valence-electron chi connectivity index (χ0n) is 9.77. The minimum absolute atomic E-state index is 0.0454. The Kier molecular flexibility index (Phi) is 7.59. The Bertz CT molecular complexity index is 332. The monoisotopic (exact) mass is 222 g/mol. The minimum Gasteiger partial charge on any atom is -0.507 e. The van der Waals surface area contributed by atoms with Gasteiger partial charge in [0.05, 0.1) is 6.61 Å². The van der Waals surface area contributed by atoms with Crippen LogP contribution in [-0.4, -0.2) is 17.7 Å². The first-order chi connectivity index (χ1) is 7.67. The molecule has 0 saturated carbocycles. The Labute approximate surface area is 96.4 Å². The van der Waals surface area contributed by atoms with Gasteiger partial charge in [-0.05, 0) is 25.5 Å². The van der Waals surface area contributed by atoms with E-state index in [0.717, 1.165) is 6.42 Å². The third-order valence-corrected chi connectivity index (χ3v) is 1.69. The van der Waals surface area contributed by atoms with Gasteiger partial charge in [0.1, 0.15) is 11.3 Å². The number of rotatable bonds is 3. The lowest BCUT2D eigenvalue weighted by molar-refractivity contribution is 0.0523. The van der Waals surface area contributed by atoms with Crippen molar-refractivity contribution in [3.05, 3.63) is 42.5 Å². The van der Waals surface area contributed by atoms with E-state index < -0.39 is 5.97 Å². The molecule has 1 rings (SSSR count). The van der Waals surface area contributed by atoms with E-state index in [1.54, 1.807) is 19.1 Å². The average molecular weight is 222 g/mol. The topological polar surface area (TPSA) is 46.5 Å². The van der Waals surface area contributed by atoms with Crippen LogP contribution in [0.25, 0.3) is 0 Å². The molecule has 88 valence electrons. The van der Waals surface area contributed by atoms with E-state index in [4.69, 9.17) is 4.74 Å². The van der Waals surface area contributed by atoms with E-state index in [0.29, 0.717) is 6.61 Å². The van der Waals surface area contributed by atoms with E-state index in [2.05, 4.69) is 13.5 Å². The first-order valence-corrected chi connectivity index (χ1v) is 5.23. The molecule has 0 saturated heterocycles. The first kappa shape index (κ1) is 14.2. The summed E-state index contributed by atoms with van der Waals surface area (Å²) in [6, 6.07) is 6.30.